The SMILES string of the molecule is FC(F)(F)C(F)(F)C(F)(F)C(F)(F)C#CC(F)(F)C(F)(F)C(F)(F)C(F)(F)F. The first kappa shape index (κ1) is 26.3. The van der Waals surface area contributed by atoms with Crippen molar-refractivity contribution >= 4 is 0 Å². The molecule has 0 spiro atoms. The average Bonchev–Trinajstić information content (AvgIpc) is 2.42. The molecule has 0 heterocycles. The van der Waals surface area contributed by atoms with Crippen molar-refractivity contribution in [2.45, 2.75) is 47.9 Å². The van der Waals surface area contributed by atoms with Crippen molar-refractivity contribution in [1.29, 1.82) is 0 Å². The maximum atomic E-state index is 12.8. The number of alkyl halides is 18. The lowest BCUT2D eigenvalue weighted by atomic mass is 10.0. The van der Waals surface area contributed by atoms with Gasteiger partial charge >= 0.3 is 47.9 Å². The smallest absolute Gasteiger partial charge is 0.191 e. The van der Waals surface area contributed by atoms with E-state index >= 15 is 0 Å². The molecule has 18 heteroatoms. The Morgan fingerprint density at radius 1 is 0.286 bits per heavy atom. The highest BCUT2D eigenvalue weighted by Crippen LogP contribution is 2.54. The van der Waals surface area contributed by atoms with Crippen molar-refractivity contribution in [1.82, 2.24) is 0 Å². The average molecular weight is 462 g/mol. The Morgan fingerprint density at radius 2 is 0.464 bits per heavy atom. The van der Waals surface area contributed by atoms with Crippen LogP contribution in [-0.2, 0) is 0 Å². The zero-order chi connectivity index (χ0) is 23.4. The fourth-order valence-electron chi connectivity index (χ4n) is 1.06. The van der Waals surface area contributed by atoms with Crippen molar-refractivity contribution in [3.05, 3.63) is 0 Å². The van der Waals surface area contributed by atoms with E-state index in [1.165, 1.54) is 0 Å². The van der Waals surface area contributed by atoms with E-state index in [1.807, 2.05) is 0 Å². The van der Waals surface area contributed by atoms with Crippen LogP contribution in [0.15, 0.2) is 0 Å². The molecule has 166 valence electrons. The van der Waals surface area contributed by atoms with Gasteiger partial charge in [0.05, 0.1) is 0 Å². The van der Waals surface area contributed by atoms with Gasteiger partial charge in [0.15, 0.2) is 0 Å². The summed E-state index contributed by atoms with van der Waals surface area (Å²) in [6.07, 6.45) is -14.9. The molecular weight excluding hydrogens is 462 g/mol. The Hall–Kier alpha value is -1.70. The summed E-state index contributed by atoms with van der Waals surface area (Å²) in [5.74, 6) is -47.7. The Bertz CT molecular complexity index is 580. The summed E-state index contributed by atoms with van der Waals surface area (Å²) >= 11 is 0. The van der Waals surface area contributed by atoms with Crippen LogP contribution in [0.5, 0.6) is 0 Å². The molecule has 28 heavy (non-hydrogen) atoms. The standard InChI is InChI=1S/C10F18/c11-3(12,5(15,16)7(19,20)9(23,24)25)1-2-4(13,14)6(17,18)8(21,22)10(26,27)28. The highest BCUT2D eigenvalue weighted by atomic mass is 19.4. The van der Waals surface area contributed by atoms with Crippen LogP contribution in [0.3, 0.4) is 0 Å². The van der Waals surface area contributed by atoms with E-state index in [0.717, 1.165) is 0 Å². The molecule has 0 atom stereocenters. The minimum absolute atomic E-state index is 1.20. The highest BCUT2D eigenvalue weighted by Gasteiger charge is 2.83. The van der Waals surface area contributed by atoms with Gasteiger partial charge in [0.1, 0.15) is 0 Å². The van der Waals surface area contributed by atoms with E-state index in [4.69, 9.17) is 0 Å². The van der Waals surface area contributed by atoms with Crippen LogP contribution in [0, 0.1) is 11.8 Å². The van der Waals surface area contributed by atoms with Gasteiger partial charge in [-0.2, -0.15) is 79.0 Å². The molecule has 0 saturated heterocycles. The second-order valence-electron chi connectivity index (χ2n) is 4.69. The predicted octanol–water partition coefficient (Wildman–Crippen LogP) is 5.93. The molecule has 0 fully saturated rings. The predicted molar refractivity (Wildman–Crippen MR) is 49.6 cm³/mol. The van der Waals surface area contributed by atoms with Crippen LogP contribution in [-0.4, -0.2) is 47.9 Å². The number of rotatable bonds is 4. The molecule has 0 nitrogen and oxygen atoms in total. The summed E-state index contributed by atoms with van der Waals surface area (Å²) in [5, 5.41) is 0. The van der Waals surface area contributed by atoms with Crippen molar-refractivity contribution in [3.8, 4) is 11.8 Å². The molecule has 0 amide bonds. The van der Waals surface area contributed by atoms with Gasteiger partial charge < -0.3 is 0 Å². The molecule has 0 rings (SSSR count). The summed E-state index contributed by atoms with van der Waals surface area (Å²) < 4.78 is 222. The third kappa shape index (κ3) is 3.75. The quantitative estimate of drug-likeness (QED) is 0.359. The van der Waals surface area contributed by atoms with Gasteiger partial charge in [0.25, 0.3) is 0 Å². The molecule has 0 aromatic carbocycles. The Labute approximate surface area is 140 Å². The van der Waals surface area contributed by atoms with Crippen LogP contribution in [0.25, 0.3) is 0 Å². The second-order valence-corrected chi connectivity index (χ2v) is 4.69. The fourth-order valence-corrected chi connectivity index (χ4v) is 1.06. The Kier molecular flexibility index (Phi) is 6.02. The summed E-state index contributed by atoms with van der Waals surface area (Å²) in [6, 6.07) is 0. The van der Waals surface area contributed by atoms with Crippen LogP contribution in [0.2, 0.25) is 0 Å². The molecule has 0 aliphatic heterocycles. The van der Waals surface area contributed by atoms with Gasteiger partial charge in [-0.05, 0) is 11.8 Å². The lowest BCUT2D eigenvalue weighted by Crippen LogP contribution is -2.61. The van der Waals surface area contributed by atoms with Crippen molar-refractivity contribution in [2.75, 3.05) is 0 Å². The molecule has 0 aliphatic rings. The molecule has 0 aromatic heterocycles. The van der Waals surface area contributed by atoms with Crippen molar-refractivity contribution < 1.29 is 79.0 Å². The monoisotopic (exact) mass is 462 g/mol. The first-order valence-electron chi connectivity index (χ1n) is 5.65. The molecule has 0 N–H and O–H groups in total. The van der Waals surface area contributed by atoms with E-state index in [0.29, 0.717) is 0 Å². The zero-order valence-electron chi connectivity index (χ0n) is 11.8. The minimum Gasteiger partial charge on any atom is -0.191 e. The first-order chi connectivity index (χ1) is 11.7. The minimum atomic E-state index is -7.72. The number of halogens is 18. The van der Waals surface area contributed by atoms with Crippen LogP contribution >= 0.6 is 0 Å². The summed E-state index contributed by atoms with van der Waals surface area (Å²) in [4.78, 5) is 0. The van der Waals surface area contributed by atoms with Gasteiger partial charge in [-0.25, -0.2) is 0 Å². The lowest BCUT2D eigenvalue weighted by Gasteiger charge is -2.32. The first-order valence-corrected chi connectivity index (χ1v) is 5.65. The van der Waals surface area contributed by atoms with Gasteiger partial charge in [-0.15, -0.1) is 0 Å². The molecule has 0 radical (unpaired) electrons. The van der Waals surface area contributed by atoms with Crippen molar-refractivity contribution in [2.24, 2.45) is 0 Å². The number of hydrogen-bond acceptors (Lipinski definition) is 0. The molecule has 0 saturated carbocycles. The summed E-state index contributed by atoms with van der Waals surface area (Å²) in [6.45, 7) is 0. The third-order valence-corrected chi connectivity index (χ3v) is 2.67. The lowest BCUT2D eigenvalue weighted by molar-refractivity contribution is -0.388. The van der Waals surface area contributed by atoms with Gasteiger partial charge in [0.2, 0.25) is 0 Å². The van der Waals surface area contributed by atoms with Crippen LogP contribution < -0.4 is 0 Å². The van der Waals surface area contributed by atoms with Crippen molar-refractivity contribution in [3.63, 3.8) is 0 Å². The van der Waals surface area contributed by atoms with Gasteiger partial charge in [0, 0.05) is 0 Å². The maximum Gasteiger partial charge on any atom is 0.460 e. The number of hydrogen-bond donors (Lipinski definition) is 0. The zero-order valence-corrected chi connectivity index (χ0v) is 11.8. The fraction of sp³-hybridized carbons (Fsp3) is 0.800. The molecule has 0 bridgehead atoms. The molecular formula is C10F18. The third-order valence-electron chi connectivity index (χ3n) is 2.67. The van der Waals surface area contributed by atoms with E-state index in [9.17, 15) is 79.0 Å². The maximum absolute atomic E-state index is 12.8. The largest absolute Gasteiger partial charge is 0.460 e. The van der Waals surface area contributed by atoms with E-state index in [1.54, 1.807) is 0 Å². The van der Waals surface area contributed by atoms with Gasteiger partial charge in [-0.1, -0.05) is 0 Å². The Morgan fingerprint density at radius 3 is 0.607 bits per heavy atom. The van der Waals surface area contributed by atoms with E-state index in [2.05, 4.69) is 0 Å². The van der Waals surface area contributed by atoms with E-state index < -0.39 is 59.7 Å². The second kappa shape index (κ2) is 6.40. The summed E-state index contributed by atoms with van der Waals surface area (Å²) in [5.41, 5.74) is 0. The highest BCUT2D eigenvalue weighted by molar-refractivity contribution is 5.25. The Balaban J connectivity index is 6.32. The molecule has 0 unspecified atom stereocenters. The topological polar surface area (TPSA) is 0 Å². The van der Waals surface area contributed by atoms with Gasteiger partial charge in [-0.3, -0.25) is 0 Å². The molecule has 0 aromatic rings. The van der Waals surface area contributed by atoms with E-state index in [-0.39, 0.29) is 0 Å². The van der Waals surface area contributed by atoms with Crippen LogP contribution in [0.1, 0.15) is 0 Å². The normalized spacial score (nSPS) is 15.9. The summed E-state index contributed by atoms with van der Waals surface area (Å²) in [7, 11) is 0. The van der Waals surface area contributed by atoms with Crippen LogP contribution in [0.4, 0.5) is 79.0 Å². The molecule has 0 aliphatic carbocycles.